The van der Waals surface area contributed by atoms with Gasteiger partial charge in [-0.1, -0.05) is 25.0 Å². The summed E-state index contributed by atoms with van der Waals surface area (Å²) >= 11 is 0. The minimum Gasteiger partial charge on any atom is -0.456 e. The van der Waals surface area contributed by atoms with E-state index in [-0.39, 0.29) is 30.9 Å². The summed E-state index contributed by atoms with van der Waals surface area (Å²) in [5.74, 6) is -0.597. The molecule has 2 heterocycles. The number of nitrogens with zero attached hydrogens (tertiary/aromatic N) is 3. The molecule has 0 aliphatic heterocycles. The molecule has 7 nitrogen and oxygen atoms in total. The normalized spacial score (nSPS) is 14.6. The Labute approximate surface area is 169 Å². The molecule has 1 aliphatic carbocycles. The van der Waals surface area contributed by atoms with Crippen LogP contribution in [0.4, 0.5) is 0 Å². The van der Waals surface area contributed by atoms with Gasteiger partial charge in [-0.05, 0) is 50.8 Å². The number of esters is 1. The molecular weight excluding hydrogens is 368 g/mol. The topological polar surface area (TPSA) is 85.6 Å². The van der Waals surface area contributed by atoms with Crippen molar-refractivity contribution in [2.75, 3.05) is 6.61 Å². The lowest BCUT2D eigenvalue weighted by Gasteiger charge is -2.13. The minimum atomic E-state index is -0.379. The predicted octanol–water partition coefficient (Wildman–Crippen LogP) is 3.03. The molecule has 0 atom stereocenters. The smallest absolute Gasteiger partial charge is 0.306 e. The van der Waals surface area contributed by atoms with E-state index in [1.54, 1.807) is 0 Å². The van der Waals surface area contributed by atoms with Gasteiger partial charge < -0.3 is 10.1 Å². The van der Waals surface area contributed by atoms with Crippen molar-refractivity contribution in [1.29, 1.82) is 0 Å². The predicted molar refractivity (Wildman–Crippen MR) is 110 cm³/mol. The zero-order valence-electron chi connectivity index (χ0n) is 16.9. The summed E-state index contributed by atoms with van der Waals surface area (Å²) < 4.78 is 7.00. The van der Waals surface area contributed by atoms with Crippen LogP contribution in [-0.4, -0.2) is 39.1 Å². The Balaban J connectivity index is 1.39. The third-order valence-corrected chi connectivity index (χ3v) is 5.68. The van der Waals surface area contributed by atoms with Crippen LogP contribution in [0.3, 0.4) is 0 Å². The Morgan fingerprint density at radius 1 is 1.21 bits per heavy atom. The van der Waals surface area contributed by atoms with Gasteiger partial charge in [0.1, 0.15) is 0 Å². The highest BCUT2D eigenvalue weighted by atomic mass is 16.5. The van der Waals surface area contributed by atoms with Crippen LogP contribution in [0, 0.1) is 13.8 Å². The summed E-state index contributed by atoms with van der Waals surface area (Å²) in [4.78, 5) is 28.8. The van der Waals surface area contributed by atoms with Crippen LogP contribution in [0.5, 0.6) is 0 Å². The third-order valence-electron chi connectivity index (χ3n) is 5.68. The number of hydrogen-bond acceptors (Lipinski definition) is 5. The number of aromatic nitrogens is 3. The highest BCUT2D eigenvalue weighted by molar-refractivity contribution is 5.92. The van der Waals surface area contributed by atoms with E-state index in [1.807, 2.05) is 42.6 Å². The van der Waals surface area contributed by atoms with E-state index in [0.717, 1.165) is 59.2 Å². The zero-order valence-corrected chi connectivity index (χ0v) is 16.9. The summed E-state index contributed by atoms with van der Waals surface area (Å²) in [6.07, 6.45) is 5.01. The number of amides is 1. The molecule has 0 bridgehead atoms. The fourth-order valence-corrected chi connectivity index (χ4v) is 4.12. The molecule has 3 aromatic rings. The van der Waals surface area contributed by atoms with Crippen LogP contribution in [-0.2, 0) is 20.7 Å². The Morgan fingerprint density at radius 2 is 1.97 bits per heavy atom. The molecular formula is C22H26N4O3. The molecule has 1 amide bonds. The summed E-state index contributed by atoms with van der Waals surface area (Å²) in [6.45, 7) is 3.73. The van der Waals surface area contributed by atoms with Crippen molar-refractivity contribution >= 4 is 28.4 Å². The van der Waals surface area contributed by atoms with Crippen molar-refractivity contribution in [2.45, 2.75) is 58.4 Å². The molecule has 1 aromatic carbocycles. The van der Waals surface area contributed by atoms with Crippen molar-refractivity contribution in [3.8, 4) is 0 Å². The Morgan fingerprint density at radius 3 is 2.76 bits per heavy atom. The molecule has 29 heavy (non-hydrogen) atoms. The van der Waals surface area contributed by atoms with Crippen molar-refractivity contribution in [1.82, 2.24) is 19.9 Å². The van der Waals surface area contributed by atoms with Gasteiger partial charge in [-0.15, -0.1) is 0 Å². The number of nitrogens with one attached hydrogen (secondary N) is 1. The first-order valence-corrected chi connectivity index (χ1v) is 10.2. The average Bonchev–Trinajstić information content (AvgIpc) is 3.34. The molecule has 152 valence electrons. The van der Waals surface area contributed by atoms with E-state index in [9.17, 15) is 9.59 Å². The number of benzene rings is 1. The number of fused-ring (bicyclic) bond motifs is 3. The third kappa shape index (κ3) is 4.09. The van der Waals surface area contributed by atoms with Crippen LogP contribution in [0.15, 0.2) is 24.3 Å². The van der Waals surface area contributed by atoms with E-state index in [1.165, 1.54) is 0 Å². The number of carbonyl (C=O) groups excluding carboxylic acids is 2. The van der Waals surface area contributed by atoms with Gasteiger partial charge in [0.2, 0.25) is 0 Å². The number of ether oxygens (including phenoxy) is 1. The number of rotatable bonds is 6. The van der Waals surface area contributed by atoms with Gasteiger partial charge in [0.05, 0.1) is 5.52 Å². The van der Waals surface area contributed by atoms with Gasteiger partial charge in [-0.25, -0.2) is 9.50 Å². The van der Waals surface area contributed by atoms with Crippen molar-refractivity contribution < 1.29 is 14.3 Å². The van der Waals surface area contributed by atoms with Gasteiger partial charge in [0, 0.05) is 29.2 Å². The lowest BCUT2D eigenvalue weighted by atomic mass is 10.1. The van der Waals surface area contributed by atoms with Crippen LogP contribution in [0.2, 0.25) is 0 Å². The van der Waals surface area contributed by atoms with Crippen molar-refractivity contribution in [3.63, 3.8) is 0 Å². The first-order valence-electron chi connectivity index (χ1n) is 10.2. The fourth-order valence-electron chi connectivity index (χ4n) is 4.12. The van der Waals surface area contributed by atoms with Gasteiger partial charge in [-0.3, -0.25) is 9.59 Å². The van der Waals surface area contributed by atoms with Crippen molar-refractivity contribution in [3.05, 3.63) is 41.2 Å². The van der Waals surface area contributed by atoms with Gasteiger partial charge in [0.25, 0.3) is 5.91 Å². The van der Waals surface area contributed by atoms with E-state index in [0.29, 0.717) is 6.42 Å². The first kappa shape index (κ1) is 19.4. The van der Waals surface area contributed by atoms with E-state index in [4.69, 9.17) is 9.72 Å². The maximum Gasteiger partial charge on any atom is 0.306 e. The minimum absolute atomic E-state index is 0.201. The molecule has 7 heteroatoms. The molecule has 1 saturated carbocycles. The highest BCUT2D eigenvalue weighted by Crippen LogP contribution is 2.23. The van der Waals surface area contributed by atoms with Crippen LogP contribution in [0.1, 0.15) is 49.1 Å². The van der Waals surface area contributed by atoms with Crippen LogP contribution < -0.4 is 5.32 Å². The monoisotopic (exact) mass is 394 g/mol. The molecule has 0 spiro atoms. The standard InChI is InChI=1S/C22H26N4O3/c1-14-17(11-12-21(28)29-13-20(27)24-16-7-3-4-8-16)15(2)26-22(23-14)18-9-5-6-10-19(18)25-26/h5-6,9-10,16H,3-4,7-8,11-13H2,1-2H3,(H,24,27). The largest absolute Gasteiger partial charge is 0.456 e. The summed E-state index contributed by atoms with van der Waals surface area (Å²) in [7, 11) is 0. The molecule has 1 aliphatic rings. The summed E-state index contributed by atoms with van der Waals surface area (Å²) in [6, 6.07) is 8.14. The van der Waals surface area contributed by atoms with Gasteiger partial charge >= 0.3 is 5.97 Å². The molecule has 4 rings (SSSR count). The number of hydrogen-bond donors (Lipinski definition) is 1. The maximum atomic E-state index is 12.1. The molecule has 1 fully saturated rings. The number of aryl methyl sites for hydroxylation is 2. The Hall–Kier alpha value is -2.96. The average molecular weight is 394 g/mol. The summed E-state index contributed by atoms with van der Waals surface area (Å²) in [5, 5.41) is 8.57. The van der Waals surface area contributed by atoms with E-state index < -0.39 is 0 Å². The second-order valence-corrected chi connectivity index (χ2v) is 7.72. The molecule has 0 unspecified atom stereocenters. The molecule has 1 N–H and O–H groups in total. The molecule has 0 radical (unpaired) electrons. The second kappa shape index (κ2) is 8.19. The SMILES string of the molecule is Cc1nc2c3ccccc3nn2c(C)c1CCC(=O)OCC(=O)NC1CCCC1. The van der Waals surface area contributed by atoms with Gasteiger partial charge in [-0.2, -0.15) is 5.10 Å². The lowest BCUT2D eigenvalue weighted by molar-refractivity contribution is -0.148. The molecule has 0 saturated heterocycles. The molecule has 2 aromatic heterocycles. The van der Waals surface area contributed by atoms with Crippen LogP contribution >= 0.6 is 0 Å². The lowest BCUT2D eigenvalue weighted by Crippen LogP contribution is -2.35. The Kier molecular flexibility index (Phi) is 5.47. The quantitative estimate of drug-likeness (QED) is 0.650. The van der Waals surface area contributed by atoms with Crippen molar-refractivity contribution in [2.24, 2.45) is 0 Å². The van der Waals surface area contributed by atoms with Gasteiger partial charge in [0.15, 0.2) is 12.3 Å². The van der Waals surface area contributed by atoms with Crippen LogP contribution in [0.25, 0.3) is 16.6 Å². The number of carbonyl (C=O) groups is 2. The summed E-state index contributed by atoms with van der Waals surface area (Å²) in [5.41, 5.74) is 4.55. The first-order chi connectivity index (χ1) is 14.0. The fraction of sp³-hybridized carbons (Fsp3) is 0.455. The second-order valence-electron chi connectivity index (χ2n) is 7.72. The van der Waals surface area contributed by atoms with E-state index in [2.05, 4.69) is 10.4 Å². The van der Waals surface area contributed by atoms with E-state index >= 15 is 0 Å². The maximum absolute atomic E-state index is 12.1. The zero-order chi connectivity index (χ0) is 20.4. The Bertz CT molecular complexity index is 1070. The highest BCUT2D eigenvalue weighted by Gasteiger charge is 2.19.